The fraction of sp³-hybridized carbons (Fsp3) is 0.292. The molecule has 2 fully saturated rings. The Hall–Kier alpha value is -3.61. The molecule has 0 bridgehead atoms. The van der Waals surface area contributed by atoms with Crippen LogP contribution < -0.4 is 5.32 Å². The highest BCUT2D eigenvalue weighted by molar-refractivity contribution is 6.05. The molecule has 0 saturated heterocycles. The number of aromatic nitrogens is 2. The molecule has 2 N–H and O–H groups in total. The highest BCUT2D eigenvalue weighted by Crippen LogP contribution is 2.87. The van der Waals surface area contributed by atoms with E-state index in [1.807, 2.05) is 54.1 Å². The number of fused-ring (bicyclic) bond motifs is 3. The maximum absolute atomic E-state index is 13.1. The number of hydrogen-bond donors (Lipinski definition) is 2. The first kappa shape index (κ1) is 18.2. The van der Waals surface area contributed by atoms with Crippen LogP contribution >= 0.6 is 0 Å². The van der Waals surface area contributed by atoms with E-state index in [0.717, 1.165) is 27.6 Å². The number of carbonyl (C=O) groups excluding carboxylic acids is 1. The SMILES string of the molecule is CC(NC(=O)c1cncc2ccn(Cc3cc4ccccc4o3)c12)C12CC1(C(=O)O)C2. The third-order valence-corrected chi connectivity index (χ3v) is 7.24. The van der Waals surface area contributed by atoms with Gasteiger partial charge in [-0.25, -0.2) is 0 Å². The fourth-order valence-electron chi connectivity index (χ4n) is 5.17. The van der Waals surface area contributed by atoms with Gasteiger partial charge in [0.15, 0.2) is 0 Å². The highest BCUT2D eigenvalue weighted by Gasteiger charge is 2.89. The van der Waals surface area contributed by atoms with Crippen LogP contribution in [0.4, 0.5) is 0 Å². The Balaban J connectivity index is 1.29. The Morgan fingerprint density at radius 3 is 2.77 bits per heavy atom. The topological polar surface area (TPSA) is 97.4 Å². The largest absolute Gasteiger partial charge is 0.481 e. The van der Waals surface area contributed by atoms with Crippen LogP contribution in [0.15, 0.2) is 59.4 Å². The lowest BCUT2D eigenvalue weighted by Crippen LogP contribution is -2.36. The Morgan fingerprint density at radius 1 is 1.23 bits per heavy atom. The second kappa shape index (κ2) is 5.97. The molecule has 4 aromatic rings. The van der Waals surface area contributed by atoms with Crippen molar-refractivity contribution in [3.63, 3.8) is 0 Å². The maximum atomic E-state index is 13.1. The molecule has 1 aromatic carbocycles. The van der Waals surface area contributed by atoms with Crippen molar-refractivity contribution in [3.8, 4) is 0 Å². The first-order valence-electron chi connectivity index (χ1n) is 10.4. The van der Waals surface area contributed by atoms with E-state index in [0.29, 0.717) is 24.9 Å². The number of aliphatic carboxylic acids is 1. The molecule has 156 valence electrons. The van der Waals surface area contributed by atoms with Gasteiger partial charge in [0, 0.05) is 40.8 Å². The molecule has 0 spiro atoms. The number of carboxylic acid groups (broad SMARTS) is 1. The number of carboxylic acids is 1. The summed E-state index contributed by atoms with van der Waals surface area (Å²) in [5, 5.41) is 14.4. The molecule has 1 atom stereocenters. The van der Waals surface area contributed by atoms with Crippen LogP contribution in [0.1, 0.15) is 35.9 Å². The fourth-order valence-corrected chi connectivity index (χ4v) is 5.17. The molecule has 7 nitrogen and oxygen atoms in total. The van der Waals surface area contributed by atoms with Crippen LogP contribution in [0.3, 0.4) is 0 Å². The third kappa shape index (κ3) is 2.49. The van der Waals surface area contributed by atoms with E-state index in [1.165, 1.54) is 0 Å². The van der Waals surface area contributed by atoms with Crippen LogP contribution in [0.5, 0.6) is 0 Å². The molecule has 2 saturated carbocycles. The third-order valence-electron chi connectivity index (χ3n) is 7.24. The molecule has 3 aromatic heterocycles. The predicted molar refractivity (Wildman–Crippen MR) is 114 cm³/mol. The minimum Gasteiger partial charge on any atom is -0.481 e. The molecule has 1 unspecified atom stereocenters. The molecule has 0 radical (unpaired) electrons. The van der Waals surface area contributed by atoms with E-state index in [4.69, 9.17) is 4.42 Å². The summed E-state index contributed by atoms with van der Waals surface area (Å²) in [5.74, 6) is -0.184. The summed E-state index contributed by atoms with van der Waals surface area (Å²) in [6, 6.07) is 11.6. The number of nitrogens with one attached hydrogen (secondary N) is 1. The molecule has 2 aliphatic carbocycles. The van der Waals surface area contributed by atoms with Crippen molar-refractivity contribution in [1.82, 2.24) is 14.9 Å². The molecule has 0 aliphatic heterocycles. The van der Waals surface area contributed by atoms with Crippen molar-refractivity contribution in [3.05, 3.63) is 66.3 Å². The van der Waals surface area contributed by atoms with E-state index < -0.39 is 11.4 Å². The van der Waals surface area contributed by atoms with Crippen LogP contribution in [-0.4, -0.2) is 32.6 Å². The molecule has 7 heteroatoms. The summed E-state index contributed by atoms with van der Waals surface area (Å²) < 4.78 is 7.94. The Labute approximate surface area is 177 Å². The number of hydrogen-bond acceptors (Lipinski definition) is 4. The van der Waals surface area contributed by atoms with E-state index >= 15 is 0 Å². The van der Waals surface area contributed by atoms with Crippen LogP contribution in [0, 0.1) is 10.8 Å². The summed E-state index contributed by atoms with van der Waals surface area (Å²) in [6.07, 6.45) is 6.51. The molecule has 31 heavy (non-hydrogen) atoms. The van der Waals surface area contributed by atoms with Crippen molar-refractivity contribution < 1.29 is 19.1 Å². The molecule has 1 amide bonds. The van der Waals surface area contributed by atoms with Gasteiger partial charge in [-0.3, -0.25) is 14.6 Å². The zero-order valence-electron chi connectivity index (χ0n) is 17.0. The number of carbonyl (C=O) groups is 2. The quantitative estimate of drug-likeness (QED) is 0.499. The number of benzene rings is 1. The average molecular weight is 415 g/mol. The zero-order valence-corrected chi connectivity index (χ0v) is 17.0. The monoisotopic (exact) mass is 415 g/mol. The van der Waals surface area contributed by atoms with Crippen molar-refractivity contribution in [2.45, 2.75) is 32.4 Å². The zero-order chi connectivity index (χ0) is 21.4. The summed E-state index contributed by atoms with van der Waals surface area (Å²) >= 11 is 0. The lowest BCUT2D eigenvalue weighted by atomic mass is 10.1. The molecule has 3 heterocycles. The molecular weight excluding hydrogens is 394 g/mol. The molecular formula is C24H21N3O4. The van der Waals surface area contributed by atoms with E-state index in [1.54, 1.807) is 12.4 Å². The molecule has 2 aliphatic rings. The minimum absolute atomic E-state index is 0.204. The first-order valence-corrected chi connectivity index (χ1v) is 10.4. The number of rotatable bonds is 6. The minimum atomic E-state index is -0.753. The number of amides is 1. The second-order valence-electron chi connectivity index (χ2n) is 8.91. The van der Waals surface area contributed by atoms with Crippen LogP contribution in [-0.2, 0) is 11.3 Å². The smallest absolute Gasteiger partial charge is 0.310 e. The van der Waals surface area contributed by atoms with Gasteiger partial charge >= 0.3 is 5.97 Å². The maximum Gasteiger partial charge on any atom is 0.310 e. The van der Waals surface area contributed by atoms with E-state index in [-0.39, 0.29) is 17.4 Å². The lowest BCUT2D eigenvalue weighted by molar-refractivity contribution is -0.141. The first-order chi connectivity index (χ1) is 14.9. The Bertz CT molecular complexity index is 1340. The number of furan rings is 1. The summed E-state index contributed by atoms with van der Waals surface area (Å²) in [6.45, 7) is 2.39. The van der Waals surface area contributed by atoms with E-state index in [9.17, 15) is 14.7 Å². The van der Waals surface area contributed by atoms with Gasteiger partial charge in [-0.2, -0.15) is 0 Å². The van der Waals surface area contributed by atoms with Crippen LogP contribution in [0.2, 0.25) is 0 Å². The number of pyridine rings is 1. The molecule has 6 rings (SSSR count). The normalized spacial score (nSPS) is 24.7. The van der Waals surface area contributed by atoms with Gasteiger partial charge in [0.05, 0.1) is 23.0 Å². The average Bonchev–Trinajstić information content (AvgIpc) is 3.45. The van der Waals surface area contributed by atoms with Gasteiger partial charge < -0.3 is 19.4 Å². The van der Waals surface area contributed by atoms with Crippen molar-refractivity contribution in [2.75, 3.05) is 0 Å². The number of nitrogens with zero attached hydrogens (tertiary/aromatic N) is 2. The van der Waals surface area contributed by atoms with Gasteiger partial charge in [-0.05, 0) is 38.0 Å². The standard InChI is InChI=1S/C24H21N3O4/c1-14(23-12-24(23,13-23)22(29)30)26-21(28)18-10-25-9-16-6-7-27(20(16)18)11-17-8-15-4-2-3-5-19(15)31-17/h2-10,14H,11-13H2,1H3,(H,26,28)(H,29,30). The van der Waals surface area contributed by atoms with E-state index in [2.05, 4.69) is 10.3 Å². The van der Waals surface area contributed by atoms with Crippen molar-refractivity contribution in [1.29, 1.82) is 0 Å². The Morgan fingerprint density at radius 2 is 2.03 bits per heavy atom. The highest BCUT2D eigenvalue weighted by atomic mass is 16.4. The van der Waals surface area contributed by atoms with Gasteiger partial charge in [0.25, 0.3) is 5.91 Å². The van der Waals surface area contributed by atoms with Crippen molar-refractivity contribution in [2.24, 2.45) is 10.8 Å². The summed E-state index contributed by atoms with van der Waals surface area (Å²) in [4.78, 5) is 28.9. The van der Waals surface area contributed by atoms with Crippen molar-refractivity contribution >= 4 is 33.7 Å². The summed E-state index contributed by atoms with van der Waals surface area (Å²) in [5.41, 5.74) is 1.19. The predicted octanol–water partition coefficient (Wildman–Crippen LogP) is 3.81. The Kier molecular flexibility index (Phi) is 3.50. The lowest BCUT2D eigenvalue weighted by Gasteiger charge is -2.17. The summed E-state index contributed by atoms with van der Waals surface area (Å²) in [7, 11) is 0. The van der Waals surface area contributed by atoms with Gasteiger partial charge in [0.1, 0.15) is 11.3 Å². The number of para-hydroxylation sites is 1. The van der Waals surface area contributed by atoms with Gasteiger partial charge in [-0.1, -0.05) is 18.2 Å². The van der Waals surface area contributed by atoms with Gasteiger partial charge in [-0.15, -0.1) is 0 Å². The second-order valence-corrected chi connectivity index (χ2v) is 8.91. The van der Waals surface area contributed by atoms with Crippen LogP contribution in [0.25, 0.3) is 21.9 Å². The van der Waals surface area contributed by atoms with Gasteiger partial charge in [0.2, 0.25) is 0 Å².